The second kappa shape index (κ2) is 5.66. The number of rotatable bonds is 5. The maximum Gasteiger partial charge on any atom is 0.244 e. The van der Waals surface area contributed by atoms with Crippen molar-refractivity contribution in [3.63, 3.8) is 0 Å². The maximum absolute atomic E-state index is 11.8. The number of thioether (sulfide) groups is 1. The molecule has 0 saturated carbocycles. The van der Waals surface area contributed by atoms with Crippen LogP contribution < -0.4 is 0 Å². The second-order valence-electron chi connectivity index (χ2n) is 3.87. The first-order valence-electron chi connectivity index (χ1n) is 5.00. The van der Waals surface area contributed by atoms with E-state index in [1.165, 1.54) is 36.4 Å². The third kappa shape index (κ3) is 3.83. The van der Waals surface area contributed by atoms with E-state index in [0.717, 1.165) is 16.4 Å². The Bertz CT molecular complexity index is 493. The molecule has 0 unspecified atom stereocenters. The van der Waals surface area contributed by atoms with E-state index >= 15 is 0 Å². The third-order valence-corrected chi connectivity index (χ3v) is 4.93. The van der Waals surface area contributed by atoms with Crippen LogP contribution in [0.3, 0.4) is 0 Å². The van der Waals surface area contributed by atoms with Crippen molar-refractivity contribution in [2.45, 2.75) is 16.8 Å². The molecule has 0 saturated heterocycles. The second-order valence-corrected chi connectivity index (χ2v) is 7.01. The fraction of sp³-hybridized carbons (Fsp3) is 0.364. The predicted octanol–water partition coefficient (Wildman–Crippen LogP) is 2.00. The number of pyridine rings is 1. The molecule has 6 heteroatoms. The van der Waals surface area contributed by atoms with Crippen molar-refractivity contribution in [1.29, 1.82) is 0 Å². The van der Waals surface area contributed by atoms with Crippen LogP contribution in [0.15, 0.2) is 40.4 Å². The van der Waals surface area contributed by atoms with Gasteiger partial charge in [-0.2, -0.15) is 0 Å². The van der Waals surface area contributed by atoms with Crippen molar-refractivity contribution < 1.29 is 8.42 Å². The quantitative estimate of drug-likeness (QED) is 0.607. The summed E-state index contributed by atoms with van der Waals surface area (Å²) in [6.07, 6.45) is 1.39. The first-order chi connectivity index (χ1) is 7.84. The fourth-order valence-electron chi connectivity index (χ4n) is 1.01. The van der Waals surface area contributed by atoms with Gasteiger partial charge < -0.3 is 0 Å². The van der Waals surface area contributed by atoms with Gasteiger partial charge in [0, 0.05) is 26.0 Å². The molecular formula is C11H16N2O2S2. The normalized spacial score (nSPS) is 11.8. The minimum Gasteiger partial charge on any atom is -0.249 e. The van der Waals surface area contributed by atoms with Crippen LogP contribution in [0.2, 0.25) is 0 Å². The van der Waals surface area contributed by atoms with E-state index in [1.807, 2.05) is 6.92 Å². The van der Waals surface area contributed by atoms with E-state index in [0.29, 0.717) is 0 Å². The van der Waals surface area contributed by atoms with Gasteiger partial charge in [0.05, 0.1) is 5.03 Å². The van der Waals surface area contributed by atoms with Crippen molar-refractivity contribution in [1.82, 2.24) is 9.29 Å². The molecule has 0 atom stereocenters. The molecule has 0 N–H and O–H groups in total. The molecular weight excluding hydrogens is 256 g/mol. The Balaban J connectivity index is 2.85. The molecule has 0 amide bonds. The Kier molecular flexibility index (Phi) is 4.73. The first kappa shape index (κ1) is 14.2. The van der Waals surface area contributed by atoms with Crippen molar-refractivity contribution >= 4 is 21.8 Å². The molecule has 1 aromatic heterocycles. The van der Waals surface area contributed by atoms with E-state index in [9.17, 15) is 8.42 Å². The highest BCUT2D eigenvalue weighted by Crippen LogP contribution is 2.19. The summed E-state index contributed by atoms with van der Waals surface area (Å²) >= 11 is 1.54. The van der Waals surface area contributed by atoms with Gasteiger partial charge in [0.25, 0.3) is 0 Å². The van der Waals surface area contributed by atoms with E-state index < -0.39 is 10.0 Å². The number of sulfonamides is 1. The van der Waals surface area contributed by atoms with Crippen molar-refractivity contribution in [2.75, 3.05) is 19.8 Å². The van der Waals surface area contributed by atoms with Crippen LogP contribution in [0.5, 0.6) is 0 Å². The van der Waals surface area contributed by atoms with Crippen LogP contribution in [0.4, 0.5) is 0 Å². The summed E-state index contributed by atoms with van der Waals surface area (Å²) < 4.78 is 24.7. The number of hydrogen-bond donors (Lipinski definition) is 0. The Morgan fingerprint density at radius 3 is 2.53 bits per heavy atom. The van der Waals surface area contributed by atoms with E-state index in [2.05, 4.69) is 11.6 Å². The third-order valence-electron chi connectivity index (χ3n) is 1.95. The van der Waals surface area contributed by atoms with Crippen LogP contribution in [0.1, 0.15) is 6.92 Å². The van der Waals surface area contributed by atoms with Gasteiger partial charge in [-0.05, 0) is 19.1 Å². The molecule has 4 nitrogen and oxygen atoms in total. The lowest BCUT2D eigenvalue weighted by atomic mass is 10.4. The van der Waals surface area contributed by atoms with Crippen LogP contribution in [-0.2, 0) is 10.0 Å². The summed E-state index contributed by atoms with van der Waals surface area (Å²) in [5, 5.41) is 0.797. The minimum absolute atomic E-state index is 0.210. The van der Waals surface area contributed by atoms with Crippen LogP contribution >= 0.6 is 11.8 Å². The topological polar surface area (TPSA) is 50.3 Å². The largest absolute Gasteiger partial charge is 0.249 e. The van der Waals surface area contributed by atoms with Gasteiger partial charge in [-0.15, -0.1) is 11.8 Å². The Morgan fingerprint density at radius 1 is 1.47 bits per heavy atom. The Labute approximate surface area is 107 Å². The van der Waals surface area contributed by atoms with Gasteiger partial charge in [-0.25, -0.2) is 17.7 Å². The van der Waals surface area contributed by atoms with Gasteiger partial charge in [0.15, 0.2) is 0 Å². The molecule has 94 valence electrons. The maximum atomic E-state index is 11.8. The number of aromatic nitrogens is 1. The SMILES string of the molecule is C=C(C)CSc1ccc(S(=O)(=O)N(C)C)cn1. The molecule has 17 heavy (non-hydrogen) atoms. The summed E-state index contributed by atoms with van der Waals surface area (Å²) in [6, 6.07) is 3.28. The summed E-state index contributed by atoms with van der Waals surface area (Å²) in [6.45, 7) is 5.74. The molecule has 1 rings (SSSR count). The van der Waals surface area contributed by atoms with Gasteiger partial charge in [-0.3, -0.25) is 0 Å². The molecule has 1 aromatic rings. The molecule has 0 aliphatic heterocycles. The predicted molar refractivity (Wildman–Crippen MR) is 70.6 cm³/mol. The van der Waals surface area contributed by atoms with E-state index in [-0.39, 0.29) is 4.90 Å². The summed E-state index contributed by atoms with van der Waals surface area (Å²) in [5.74, 6) is 0.785. The lowest BCUT2D eigenvalue weighted by Crippen LogP contribution is -2.22. The molecule has 0 spiro atoms. The Morgan fingerprint density at radius 2 is 2.12 bits per heavy atom. The van der Waals surface area contributed by atoms with E-state index in [4.69, 9.17) is 0 Å². The molecule has 1 heterocycles. The monoisotopic (exact) mass is 272 g/mol. The first-order valence-corrected chi connectivity index (χ1v) is 7.42. The molecule has 0 aromatic carbocycles. The van der Waals surface area contributed by atoms with Crippen molar-refractivity contribution in [2.24, 2.45) is 0 Å². The highest BCUT2D eigenvalue weighted by Gasteiger charge is 2.17. The fourth-order valence-corrected chi connectivity index (χ4v) is 2.55. The van der Waals surface area contributed by atoms with Crippen LogP contribution in [0, 0.1) is 0 Å². The zero-order chi connectivity index (χ0) is 13.1. The van der Waals surface area contributed by atoms with Crippen LogP contribution in [-0.4, -0.2) is 37.6 Å². The standard InChI is InChI=1S/C11H16N2O2S2/c1-9(2)8-16-11-6-5-10(7-12-11)17(14,15)13(3)4/h5-7H,1,8H2,2-4H3. The molecule has 0 aliphatic carbocycles. The average Bonchev–Trinajstić information content (AvgIpc) is 2.26. The van der Waals surface area contributed by atoms with Gasteiger partial charge in [-0.1, -0.05) is 12.2 Å². The van der Waals surface area contributed by atoms with Gasteiger partial charge in [0.1, 0.15) is 4.90 Å². The van der Waals surface area contributed by atoms with Crippen molar-refractivity contribution in [3.8, 4) is 0 Å². The smallest absolute Gasteiger partial charge is 0.244 e. The van der Waals surface area contributed by atoms with Gasteiger partial charge in [0.2, 0.25) is 10.0 Å². The average molecular weight is 272 g/mol. The molecule has 0 radical (unpaired) electrons. The molecule has 0 aliphatic rings. The lowest BCUT2D eigenvalue weighted by Gasteiger charge is -2.10. The number of nitrogens with zero attached hydrogens (tertiary/aromatic N) is 2. The summed E-state index contributed by atoms with van der Waals surface area (Å²) in [5.41, 5.74) is 1.06. The highest BCUT2D eigenvalue weighted by atomic mass is 32.2. The van der Waals surface area contributed by atoms with Crippen molar-refractivity contribution in [3.05, 3.63) is 30.5 Å². The summed E-state index contributed by atoms with van der Waals surface area (Å²) in [4.78, 5) is 4.33. The molecule has 0 bridgehead atoms. The zero-order valence-electron chi connectivity index (χ0n) is 10.2. The van der Waals surface area contributed by atoms with Crippen LogP contribution in [0.25, 0.3) is 0 Å². The zero-order valence-corrected chi connectivity index (χ0v) is 11.8. The van der Waals surface area contributed by atoms with Gasteiger partial charge >= 0.3 is 0 Å². The Hall–Kier alpha value is -0.850. The minimum atomic E-state index is -3.38. The number of hydrogen-bond acceptors (Lipinski definition) is 4. The molecule has 0 fully saturated rings. The summed E-state index contributed by atoms with van der Waals surface area (Å²) in [7, 11) is -0.383. The highest BCUT2D eigenvalue weighted by molar-refractivity contribution is 7.99. The van der Waals surface area contributed by atoms with E-state index in [1.54, 1.807) is 12.1 Å². The lowest BCUT2D eigenvalue weighted by molar-refractivity contribution is 0.520.